The Balaban J connectivity index is 1.40. The Bertz CT molecular complexity index is 958. The van der Waals surface area contributed by atoms with Crippen molar-refractivity contribution in [2.75, 3.05) is 16.0 Å². The summed E-state index contributed by atoms with van der Waals surface area (Å²) in [6.45, 7) is 0. The molecule has 1 saturated carbocycles. The Morgan fingerprint density at radius 3 is 2.39 bits per heavy atom. The van der Waals surface area contributed by atoms with Crippen LogP contribution in [-0.2, 0) is 0 Å². The molecule has 0 radical (unpaired) electrons. The van der Waals surface area contributed by atoms with Crippen molar-refractivity contribution in [1.82, 2.24) is 9.97 Å². The van der Waals surface area contributed by atoms with E-state index in [0.29, 0.717) is 17.2 Å². The maximum absolute atomic E-state index is 13.9. The van der Waals surface area contributed by atoms with Crippen LogP contribution in [0.2, 0.25) is 0 Å². The lowest BCUT2D eigenvalue weighted by atomic mass is 9.93. The first-order valence-electron chi connectivity index (χ1n) is 9.20. The molecule has 28 heavy (non-hydrogen) atoms. The zero-order valence-corrected chi connectivity index (χ0v) is 15.2. The van der Waals surface area contributed by atoms with Crippen LogP contribution in [0.5, 0.6) is 0 Å². The largest absolute Gasteiger partial charge is 0.365 e. The quantitative estimate of drug-likeness (QED) is 0.586. The standard InChI is InChI=1S/C21H20FN5O/c22-18-13-23-21(27-19(18)24-15-7-4-8-15)26-17-11-9-16(10-12-17)25-20(28)14-5-2-1-3-6-14/h1-3,5-6,9-13,15H,4,7-8H2,(H,25,28)(H2,23,24,26,27). The summed E-state index contributed by atoms with van der Waals surface area (Å²) in [4.78, 5) is 20.4. The van der Waals surface area contributed by atoms with Gasteiger partial charge in [0.1, 0.15) is 0 Å². The minimum atomic E-state index is -0.462. The number of benzene rings is 2. The lowest BCUT2D eigenvalue weighted by Gasteiger charge is -2.27. The van der Waals surface area contributed by atoms with Crippen LogP contribution in [0.4, 0.5) is 27.5 Å². The molecule has 1 heterocycles. The van der Waals surface area contributed by atoms with Gasteiger partial charge in [-0.1, -0.05) is 18.2 Å². The molecule has 4 rings (SSSR count). The second-order valence-corrected chi connectivity index (χ2v) is 6.68. The van der Waals surface area contributed by atoms with Crippen molar-refractivity contribution >= 4 is 29.0 Å². The number of nitrogens with one attached hydrogen (secondary N) is 3. The Morgan fingerprint density at radius 2 is 1.71 bits per heavy atom. The molecule has 142 valence electrons. The molecule has 1 aliphatic carbocycles. The van der Waals surface area contributed by atoms with Crippen LogP contribution >= 0.6 is 0 Å². The van der Waals surface area contributed by atoms with Gasteiger partial charge < -0.3 is 16.0 Å². The number of rotatable bonds is 6. The summed E-state index contributed by atoms with van der Waals surface area (Å²) in [6.07, 6.45) is 4.37. The molecule has 6 nitrogen and oxygen atoms in total. The third kappa shape index (κ3) is 4.25. The molecule has 0 aliphatic heterocycles. The predicted molar refractivity (Wildman–Crippen MR) is 107 cm³/mol. The first kappa shape index (κ1) is 17.9. The van der Waals surface area contributed by atoms with Gasteiger partial charge in [-0.3, -0.25) is 4.79 Å². The number of nitrogens with zero attached hydrogens (tertiary/aromatic N) is 2. The monoisotopic (exact) mass is 377 g/mol. The van der Waals surface area contributed by atoms with Gasteiger partial charge in [-0.2, -0.15) is 4.98 Å². The van der Waals surface area contributed by atoms with E-state index in [4.69, 9.17) is 0 Å². The Hall–Kier alpha value is -3.48. The molecule has 0 atom stereocenters. The van der Waals surface area contributed by atoms with E-state index in [9.17, 15) is 9.18 Å². The molecular formula is C21H20FN5O. The van der Waals surface area contributed by atoms with Crippen molar-refractivity contribution in [1.29, 1.82) is 0 Å². The van der Waals surface area contributed by atoms with Crippen LogP contribution in [0.25, 0.3) is 0 Å². The minimum absolute atomic E-state index is 0.171. The molecular weight excluding hydrogens is 357 g/mol. The number of anilines is 4. The Kier molecular flexibility index (Phi) is 5.14. The van der Waals surface area contributed by atoms with Crippen molar-refractivity contribution in [3.05, 3.63) is 72.2 Å². The van der Waals surface area contributed by atoms with E-state index in [1.807, 2.05) is 18.2 Å². The van der Waals surface area contributed by atoms with Gasteiger partial charge in [-0.05, 0) is 55.7 Å². The fraction of sp³-hybridized carbons (Fsp3) is 0.190. The summed E-state index contributed by atoms with van der Waals surface area (Å²) in [5.74, 6) is -0.107. The average molecular weight is 377 g/mol. The SMILES string of the molecule is O=C(Nc1ccc(Nc2ncc(F)c(NC3CCC3)n2)cc1)c1ccccc1. The molecule has 1 aliphatic rings. The lowest BCUT2D eigenvalue weighted by molar-refractivity contribution is 0.102. The fourth-order valence-corrected chi connectivity index (χ4v) is 2.83. The highest BCUT2D eigenvalue weighted by Gasteiger charge is 2.19. The predicted octanol–water partition coefficient (Wildman–Crippen LogP) is 4.58. The molecule has 0 bridgehead atoms. The zero-order chi connectivity index (χ0) is 19.3. The smallest absolute Gasteiger partial charge is 0.255 e. The van der Waals surface area contributed by atoms with Gasteiger partial charge in [0.25, 0.3) is 5.91 Å². The highest BCUT2D eigenvalue weighted by molar-refractivity contribution is 6.04. The topological polar surface area (TPSA) is 78.9 Å². The lowest BCUT2D eigenvalue weighted by Crippen LogP contribution is -2.28. The van der Waals surface area contributed by atoms with E-state index in [1.54, 1.807) is 36.4 Å². The normalized spacial score (nSPS) is 13.5. The molecule has 7 heteroatoms. The zero-order valence-electron chi connectivity index (χ0n) is 15.2. The highest BCUT2D eigenvalue weighted by Crippen LogP contribution is 2.25. The van der Waals surface area contributed by atoms with Crippen molar-refractivity contribution in [3.8, 4) is 0 Å². The summed E-state index contributed by atoms with van der Waals surface area (Å²) in [6, 6.07) is 16.4. The third-order valence-electron chi connectivity index (χ3n) is 4.63. The summed E-state index contributed by atoms with van der Waals surface area (Å²) in [7, 11) is 0. The van der Waals surface area contributed by atoms with Gasteiger partial charge in [-0.25, -0.2) is 9.37 Å². The minimum Gasteiger partial charge on any atom is -0.365 e. The first-order valence-corrected chi connectivity index (χ1v) is 9.20. The summed E-state index contributed by atoms with van der Waals surface area (Å²) >= 11 is 0. The summed E-state index contributed by atoms with van der Waals surface area (Å²) in [5.41, 5.74) is 2.00. The maximum atomic E-state index is 13.9. The molecule has 2 aromatic carbocycles. The Morgan fingerprint density at radius 1 is 1.00 bits per heavy atom. The van der Waals surface area contributed by atoms with Crippen molar-refractivity contribution in [3.63, 3.8) is 0 Å². The molecule has 0 unspecified atom stereocenters. The fourth-order valence-electron chi connectivity index (χ4n) is 2.83. The van der Waals surface area contributed by atoms with E-state index in [0.717, 1.165) is 31.1 Å². The third-order valence-corrected chi connectivity index (χ3v) is 4.63. The van der Waals surface area contributed by atoms with Crippen molar-refractivity contribution in [2.24, 2.45) is 0 Å². The number of carbonyl (C=O) groups excluding carboxylic acids is 1. The van der Waals surface area contributed by atoms with Crippen LogP contribution in [0.3, 0.4) is 0 Å². The number of hydrogen-bond donors (Lipinski definition) is 3. The van der Waals surface area contributed by atoms with Gasteiger partial charge in [0.2, 0.25) is 5.95 Å². The van der Waals surface area contributed by atoms with Crippen LogP contribution in [0.15, 0.2) is 60.8 Å². The van der Waals surface area contributed by atoms with Crippen LogP contribution in [0, 0.1) is 5.82 Å². The van der Waals surface area contributed by atoms with Crippen molar-refractivity contribution < 1.29 is 9.18 Å². The van der Waals surface area contributed by atoms with E-state index >= 15 is 0 Å². The van der Waals surface area contributed by atoms with Crippen LogP contribution < -0.4 is 16.0 Å². The van der Waals surface area contributed by atoms with Gasteiger partial charge in [-0.15, -0.1) is 0 Å². The van der Waals surface area contributed by atoms with E-state index in [1.165, 1.54) is 0 Å². The molecule has 0 saturated heterocycles. The van der Waals surface area contributed by atoms with Crippen LogP contribution in [0.1, 0.15) is 29.6 Å². The number of halogens is 1. The van der Waals surface area contributed by atoms with E-state index < -0.39 is 5.82 Å². The second kappa shape index (κ2) is 8.04. The van der Waals surface area contributed by atoms with Gasteiger partial charge in [0.15, 0.2) is 11.6 Å². The first-order chi connectivity index (χ1) is 13.7. The Labute approximate surface area is 162 Å². The number of carbonyl (C=O) groups is 1. The van der Waals surface area contributed by atoms with Crippen LogP contribution in [-0.4, -0.2) is 21.9 Å². The summed E-state index contributed by atoms with van der Waals surface area (Å²) in [5, 5.41) is 9.00. The highest BCUT2D eigenvalue weighted by atomic mass is 19.1. The average Bonchev–Trinajstić information content (AvgIpc) is 2.69. The molecule has 0 spiro atoms. The number of hydrogen-bond acceptors (Lipinski definition) is 5. The number of amides is 1. The molecule has 3 aromatic rings. The second-order valence-electron chi connectivity index (χ2n) is 6.68. The van der Waals surface area contributed by atoms with Gasteiger partial charge in [0.05, 0.1) is 6.20 Å². The maximum Gasteiger partial charge on any atom is 0.255 e. The molecule has 1 amide bonds. The van der Waals surface area contributed by atoms with E-state index in [2.05, 4.69) is 25.9 Å². The summed E-state index contributed by atoms with van der Waals surface area (Å²) < 4.78 is 13.9. The van der Waals surface area contributed by atoms with Gasteiger partial charge >= 0.3 is 0 Å². The molecule has 1 fully saturated rings. The van der Waals surface area contributed by atoms with Gasteiger partial charge in [0, 0.05) is 23.0 Å². The number of aromatic nitrogens is 2. The van der Waals surface area contributed by atoms with Crippen molar-refractivity contribution in [2.45, 2.75) is 25.3 Å². The van der Waals surface area contributed by atoms with E-state index in [-0.39, 0.29) is 17.8 Å². The molecule has 1 aromatic heterocycles. The molecule has 3 N–H and O–H groups in total.